The van der Waals surface area contributed by atoms with E-state index in [0.29, 0.717) is 25.3 Å². The summed E-state index contributed by atoms with van der Waals surface area (Å²) < 4.78 is 29.2. The first kappa shape index (κ1) is 20.7. The molecule has 0 saturated carbocycles. The molecule has 2 aromatic heterocycles. The maximum Gasteiger partial charge on any atom is 0.341 e. The second kappa shape index (κ2) is 8.29. The number of nitrogens with one attached hydrogen (secondary N) is 1. The number of esters is 1. The second-order valence-electron chi connectivity index (χ2n) is 6.62. The largest absolute Gasteiger partial charge is 0.462 e. The normalized spacial score (nSPS) is 14.7. The fourth-order valence-electron chi connectivity index (χ4n) is 3.19. The molecule has 30 heavy (non-hydrogen) atoms. The predicted molar refractivity (Wildman–Crippen MR) is 117 cm³/mol. The van der Waals surface area contributed by atoms with Crippen LogP contribution < -0.4 is 5.32 Å². The van der Waals surface area contributed by atoms with Crippen molar-refractivity contribution < 1.29 is 22.7 Å². The van der Waals surface area contributed by atoms with Crippen molar-refractivity contribution in [3.63, 3.8) is 0 Å². The molecule has 0 atom stereocenters. The maximum absolute atomic E-state index is 12.8. The number of thiazole rings is 1. The predicted octanol–water partition coefficient (Wildman–Crippen LogP) is 3.77. The zero-order valence-corrected chi connectivity index (χ0v) is 18.5. The molecule has 0 aliphatic carbocycles. The highest BCUT2D eigenvalue weighted by atomic mass is 32.2. The lowest BCUT2D eigenvalue weighted by Crippen LogP contribution is -2.20. The van der Waals surface area contributed by atoms with Crippen LogP contribution in [0.5, 0.6) is 0 Å². The van der Waals surface area contributed by atoms with Crippen LogP contribution in [0.15, 0.2) is 36.5 Å². The number of carbonyl (C=O) groups excluding carboxylic acids is 2. The van der Waals surface area contributed by atoms with Gasteiger partial charge in [-0.05, 0) is 18.9 Å². The smallest absolute Gasteiger partial charge is 0.341 e. The lowest BCUT2D eigenvalue weighted by molar-refractivity contribution is 0.0527. The van der Waals surface area contributed by atoms with Crippen LogP contribution in [-0.2, 0) is 26.7 Å². The van der Waals surface area contributed by atoms with E-state index < -0.39 is 21.7 Å². The number of rotatable bonds is 5. The van der Waals surface area contributed by atoms with Gasteiger partial charge in [-0.25, -0.2) is 18.2 Å². The monoisotopic (exact) mass is 462 g/mol. The number of benzene rings is 1. The molecule has 1 amide bonds. The average Bonchev–Trinajstić information content (AvgIpc) is 3.32. The number of nitrogens with zero attached hydrogens (tertiary/aromatic N) is 1. The summed E-state index contributed by atoms with van der Waals surface area (Å²) in [4.78, 5) is 30.6. The number of carbonyl (C=O) groups is 2. The Morgan fingerprint density at radius 3 is 2.70 bits per heavy atom. The molecule has 3 heterocycles. The molecule has 7 nitrogen and oxygen atoms in total. The Kier molecular flexibility index (Phi) is 5.72. The van der Waals surface area contributed by atoms with Gasteiger partial charge in [0.1, 0.15) is 14.9 Å². The Morgan fingerprint density at radius 1 is 1.20 bits per heavy atom. The first-order valence-electron chi connectivity index (χ1n) is 9.22. The summed E-state index contributed by atoms with van der Waals surface area (Å²) in [7, 11) is -3.21. The summed E-state index contributed by atoms with van der Waals surface area (Å²) >= 11 is 2.36. The van der Waals surface area contributed by atoms with Gasteiger partial charge in [0.15, 0.2) is 9.84 Å². The van der Waals surface area contributed by atoms with Crippen LogP contribution in [0.1, 0.15) is 37.4 Å². The maximum atomic E-state index is 12.8. The average molecular weight is 463 g/mol. The quantitative estimate of drug-likeness (QED) is 0.579. The number of aromatic nitrogens is 1. The van der Waals surface area contributed by atoms with Crippen molar-refractivity contribution in [2.75, 3.05) is 17.7 Å². The van der Waals surface area contributed by atoms with Crippen LogP contribution >= 0.6 is 22.7 Å². The summed E-state index contributed by atoms with van der Waals surface area (Å²) in [5.74, 6) is -1.11. The van der Waals surface area contributed by atoms with E-state index >= 15 is 0 Å². The Balaban J connectivity index is 1.64. The van der Waals surface area contributed by atoms with Gasteiger partial charge in [0, 0.05) is 10.4 Å². The molecule has 1 aliphatic rings. The Morgan fingerprint density at radius 2 is 1.97 bits per heavy atom. The minimum absolute atomic E-state index is 0.0220. The highest BCUT2D eigenvalue weighted by Gasteiger charge is 2.32. The molecular formula is C20H18N2O5S3. The lowest BCUT2D eigenvalue weighted by atomic mass is 10.1. The molecule has 10 heteroatoms. The van der Waals surface area contributed by atoms with Gasteiger partial charge in [-0.15, -0.1) is 22.7 Å². The number of thiophene rings is 1. The summed E-state index contributed by atoms with van der Waals surface area (Å²) in [6, 6.07) is 9.51. The molecule has 1 aromatic carbocycles. The van der Waals surface area contributed by atoms with Crippen molar-refractivity contribution in [2.24, 2.45) is 0 Å². The van der Waals surface area contributed by atoms with Crippen LogP contribution in [0, 0.1) is 0 Å². The highest BCUT2D eigenvalue weighted by Crippen LogP contribution is 2.39. The molecule has 1 aliphatic heterocycles. The zero-order valence-electron chi connectivity index (χ0n) is 16.0. The minimum Gasteiger partial charge on any atom is -0.462 e. The SMILES string of the molecule is CCOC(=O)c1c(NC(=O)c2cnc(-c3ccccc3)s2)sc2c1CCS(=O)(=O)C2. The van der Waals surface area contributed by atoms with E-state index in [1.807, 2.05) is 30.3 Å². The molecular weight excluding hydrogens is 444 g/mol. The van der Waals surface area contributed by atoms with E-state index in [1.165, 1.54) is 17.5 Å². The van der Waals surface area contributed by atoms with Crippen molar-refractivity contribution in [3.05, 3.63) is 57.4 Å². The van der Waals surface area contributed by atoms with Gasteiger partial charge in [-0.2, -0.15) is 0 Å². The van der Waals surface area contributed by atoms with E-state index in [1.54, 1.807) is 6.92 Å². The van der Waals surface area contributed by atoms with Crippen molar-refractivity contribution in [1.29, 1.82) is 0 Å². The van der Waals surface area contributed by atoms with E-state index in [9.17, 15) is 18.0 Å². The van der Waals surface area contributed by atoms with Gasteiger partial charge in [0.2, 0.25) is 0 Å². The third-order valence-electron chi connectivity index (χ3n) is 4.56. The van der Waals surface area contributed by atoms with Gasteiger partial charge >= 0.3 is 5.97 Å². The molecule has 156 valence electrons. The lowest BCUT2D eigenvalue weighted by Gasteiger charge is -2.13. The van der Waals surface area contributed by atoms with Crippen molar-refractivity contribution in [3.8, 4) is 10.6 Å². The van der Waals surface area contributed by atoms with Crippen LogP contribution in [0.25, 0.3) is 10.6 Å². The summed E-state index contributed by atoms with van der Waals surface area (Å²) in [6.45, 7) is 1.88. The molecule has 0 unspecified atom stereocenters. The Hall–Kier alpha value is -2.56. The minimum atomic E-state index is -3.21. The van der Waals surface area contributed by atoms with E-state index in [2.05, 4.69) is 10.3 Å². The van der Waals surface area contributed by atoms with Crippen LogP contribution in [0.3, 0.4) is 0 Å². The van der Waals surface area contributed by atoms with Crippen LogP contribution in [0.4, 0.5) is 5.00 Å². The fraction of sp³-hybridized carbons (Fsp3) is 0.250. The standard InChI is InChI=1S/C20H18N2O5S3/c1-2-27-20(24)16-13-8-9-30(25,26)11-15(13)29-19(16)22-17(23)14-10-21-18(28-14)12-6-4-3-5-7-12/h3-7,10H,2,8-9,11H2,1H3,(H,22,23). The van der Waals surface area contributed by atoms with Crippen molar-refractivity contribution >= 4 is 49.4 Å². The van der Waals surface area contributed by atoms with Gasteiger partial charge in [-0.1, -0.05) is 30.3 Å². The first-order chi connectivity index (χ1) is 14.4. The number of amides is 1. The van der Waals surface area contributed by atoms with E-state index in [-0.39, 0.29) is 30.1 Å². The van der Waals surface area contributed by atoms with Crippen LogP contribution in [0.2, 0.25) is 0 Å². The van der Waals surface area contributed by atoms with E-state index in [0.717, 1.165) is 16.9 Å². The Labute approximate surface area is 181 Å². The number of ether oxygens (including phenoxy) is 1. The summed E-state index contributed by atoms with van der Waals surface area (Å²) in [5.41, 5.74) is 1.82. The third-order valence-corrected chi connectivity index (χ3v) is 8.49. The van der Waals surface area contributed by atoms with Gasteiger partial charge in [-0.3, -0.25) is 4.79 Å². The summed E-state index contributed by atoms with van der Waals surface area (Å²) in [5, 5.41) is 3.80. The number of sulfone groups is 1. The van der Waals surface area contributed by atoms with Crippen molar-refractivity contribution in [1.82, 2.24) is 4.98 Å². The molecule has 0 fully saturated rings. The molecule has 0 bridgehead atoms. The molecule has 4 rings (SSSR count). The molecule has 0 saturated heterocycles. The molecule has 3 aromatic rings. The number of hydrogen-bond donors (Lipinski definition) is 1. The van der Waals surface area contributed by atoms with Gasteiger partial charge in [0.25, 0.3) is 5.91 Å². The summed E-state index contributed by atoms with van der Waals surface area (Å²) in [6.07, 6.45) is 1.72. The van der Waals surface area contributed by atoms with Gasteiger partial charge in [0.05, 0.1) is 29.9 Å². The molecule has 1 N–H and O–H groups in total. The number of anilines is 1. The molecule has 0 radical (unpaired) electrons. The topological polar surface area (TPSA) is 102 Å². The number of fused-ring (bicyclic) bond motifs is 1. The fourth-order valence-corrected chi connectivity index (χ4v) is 7.04. The van der Waals surface area contributed by atoms with Crippen LogP contribution in [-0.4, -0.2) is 37.6 Å². The highest BCUT2D eigenvalue weighted by molar-refractivity contribution is 7.90. The van der Waals surface area contributed by atoms with Crippen molar-refractivity contribution in [2.45, 2.75) is 19.1 Å². The first-order valence-corrected chi connectivity index (χ1v) is 12.7. The second-order valence-corrected chi connectivity index (χ2v) is 10.9. The number of hydrogen-bond acceptors (Lipinski definition) is 8. The van der Waals surface area contributed by atoms with Gasteiger partial charge < -0.3 is 10.1 Å². The van der Waals surface area contributed by atoms with E-state index in [4.69, 9.17) is 4.74 Å². The Bertz CT molecular complexity index is 1210. The molecule has 0 spiro atoms. The third kappa shape index (κ3) is 4.16. The zero-order chi connectivity index (χ0) is 21.3.